The lowest BCUT2D eigenvalue weighted by molar-refractivity contribution is -0.123. The Bertz CT molecular complexity index is 756. The second kappa shape index (κ2) is 6.91. The molecule has 0 bridgehead atoms. The minimum absolute atomic E-state index is 0.00947. The maximum atomic E-state index is 12.4. The number of fused-ring (bicyclic) bond motifs is 1. The number of para-hydroxylation sites is 1. The zero-order chi connectivity index (χ0) is 16.2. The van der Waals surface area contributed by atoms with Gasteiger partial charge in [0.05, 0.1) is 17.2 Å². The summed E-state index contributed by atoms with van der Waals surface area (Å²) in [7, 11) is 0. The molecule has 1 aliphatic carbocycles. The molecule has 0 radical (unpaired) electrons. The predicted octanol–water partition coefficient (Wildman–Crippen LogP) is 1.03. The molecule has 1 heterocycles. The third kappa shape index (κ3) is 3.42. The Labute approximate surface area is 134 Å². The molecule has 1 fully saturated rings. The fourth-order valence-electron chi connectivity index (χ4n) is 3.31. The van der Waals surface area contributed by atoms with Crippen molar-refractivity contribution in [2.24, 2.45) is 11.7 Å². The number of nitrogens with one attached hydrogen (secondary N) is 1. The summed E-state index contributed by atoms with van der Waals surface area (Å²) in [6.45, 7) is 0.576. The van der Waals surface area contributed by atoms with E-state index in [1.54, 1.807) is 18.2 Å². The Hall–Kier alpha value is -2.21. The molecule has 2 atom stereocenters. The van der Waals surface area contributed by atoms with E-state index in [9.17, 15) is 9.59 Å². The molecule has 1 aliphatic rings. The minimum Gasteiger partial charge on any atom is -0.351 e. The molecule has 0 spiro atoms. The van der Waals surface area contributed by atoms with Gasteiger partial charge in [-0.15, -0.1) is 0 Å². The van der Waals surface area contributed by atoms with Crippen molar-refractivity contribution in [3.05, 3.63) is 40.9 Å². The Morgan fingerprint density at radius 1 is 1.30 bits per heavy atom. The summed E-state index contributed by atoms with van der Waals surface area (Å²) in [4.78, 5) is 28.9. The van der Waals surface area contributed by atoms with Gasteiger partial charge in [0.2, 0.25) is 5.91 Å². The molecule has 3 N–H and O–H groups in total. The summed E-state index contributed by atoms with van der Waals surface area (Å²) < 4.78 is 1.36. The molecule has 0 saturated heterocycles. The summed E-state index contributed by atoms with van der Waals surface area (Å²) in [5.41, 5.74) is 6.24. The van der Waals surface area contributed by atoms with Crippen LogP contribution in [0.25, 0.3) is 10.9 Å². The Balaban J connectivity index is 1.73. The highest BCUT2D eigenvalue weighted by atomic mass is 16.2. The third-order valence-corrected chi connectivity index (χ3v) is 4.60. The molecule has 1 saturated carbocycles. The lowest BCUT2D eigenvalue weighted by atomic mass is 9.84. The topological polar surface area (TPSA) is 90.0 Å². The number of carbonyl (C=O) groups is 1. The van der Waals surface area contributed by atoms with Crippen LogP contribution in [-0.4, -0.2) is 28.0 Å². The average molecular weight is 314 g/mol. The van der Waals surface area contributed by atoms with Gasteiger partial charge >= 0.3 is 0 Å². The summed E-state index contributed by atoms with van der Waals surface area (Å²) in [6, 6.07) is 7.26. The van der Waals surface area contributed by atoms with Crippen LogP contribution in [0.15, 0.2) is 35.4 Å². The van der Waals surface area contributed by atoms with E-state index in [1.165, 1.54) is 17.3 Å². The van der Waals surface area contributed by atoms with Gasteiger partial charge in [0.25, 0.3) is 5.56 Å². The molecule has 2 unspecified atom stereocenters. The summed E-state index contributed by atoms with van der Waals surface area (Å²) in [5, 5.41) is 3.57. The van der Waals surface area contributed by atoms with Gasteiger partial charge < -0.3 is 11.1 Å². The Kier molecular flexibility index (Phi) is 4.71. The van der Waals surface area contributed by atoms with Gasteiger partial charge in [-0.2, -0.15) is 0 Å². The fraction of sp³-hybridized carbons (Fsp3) is 0.471. The molecular formula is C17H22N4O2. The quantitative estimate of drug-likeness (QED) is 0.882. The summed E-state index contributed by atoms with van der Waals surface area (Å²) in [6.07, 6.45) is 5.73. The predicted molar refractivity (Wildman–Crippen MR) is 88.9 cm³/mol. The molecule has 1 aromatic heterocycles. The van der Waals surface area contributed by atoms with Crippen LogP contribution in [0.4, 0.5) is 0 Å². The van der Waals surface area contributed by atoms with Crippen LogP contribution < -0.4 is 16.6 Å². The normalized spacial score (nSPS) is 21.3. The van der Waals surface area contributed by atoms with Crippen LogP contribution in [0.5, 0.6) is 0 Å². The number of nitrogens with zero attached hydrogens (tertiary/aromatic N) is 2. The van der Waals surface area contributed by atoms with Gasteiger partial charge in [0.1, 0.15) is 6.54 Å². The number of hydrogen-bond donors (Lipinski definition) is 2. The van der Waals surface area contributed by atoms with Gasteiger partial charge in [-0.1, -0.05) is 25.0 Å². The average Bonchev–Trinajstić information content (AvgIpc) is 2.58. The van der Waals surface area contributed by atoms with Gasteiger partial charge in [-0.25, -0.2) is 4.98 Å². The standard InChI is InChI=1S/C17H22N4O2/c18-9-12-5-1-3-7-14(12)20-16(22)10-21-11-19-15-8-4-2-6-13(15)17(21)23/h2,4,6,8,11-12,14H,1,3,5,7,9-10,18H2,(H,20,22). The van der Waals surface area contributed by atoms with Crippen molar-refractivity contribution >= 4 is 16.8 Å². The smallest absolute Gasteiger partial charge is 0.261 e. The number of aromatic nitrogens is 2. The van der Waals surface area contributed by atoms with E-state index < -0.39 is 0 Å². The molecule has 2 aromatic rings. The van der Waals surface area contributed by atoms with Crippen LogP contribution in [0.1, 0.15) is 25.7 Å². The van der Waals surface area contributed by atoms with E-state index in [-0.39, 0.29) is 24.1 Å². The molecule has 6 nitrogen and oxygen atoms in total. The van der Waals surface area contributed by atoms with Crippen molar-refractivity contribution < 1.29 is 4.79 Å². The van der Waals surface area contributed by atoms with Crippen molar-refractivity contribution in [1.29, 1.82) is 0 Å². The summed E-state index contributed by atoms with van der Waals surface area (Å²) >= 11 is 0. The van der Waals surface area contributed by atoms with Crippen LogP contribution in [0.3, 0.4) is 0 Å². The van der Waals surface area contributed by atoms with Crippen LogP contribution >= 0.6 is 0 Å². The molecule has 23 heavy (non-hydrogen) atoms. The molecule has 122 valence electrons. The highest BCUT2D eigenvalue weighted by Gasteiger charge is 2.25. The fourth-order valence-corrected chi connectivity index (χ4v) is 3.31. The van der Waals surface area contributed by atoms with Gasteiger partial charge in [-0.3, -0.25) is 14.2 Å². The SMILES string of the molecule is NCC1CCCCC1NC(=O)Cn1cnc2ccccc2c1=O. The maximum Gasteiger partial charge on any atom is 0.261 e. The van der Waals surface area contributed by atoms with E-state index >= 15 is 0 Å². The largest absolute Gasteiger partial charge is 0.351 e. The monoisotopic (exact) mass is 314 g/mol. The second-order valence-corrected chi connectivity index (χ2v) is 6.15. The van der Waals surface area contributed by atoms with E-state index in [4.69, 9.17) is 5.73 Å². The van der Waals surface area contributed by atoms with Crippen molar-refractivity contribution in [2.45, 2.75) is 38.3 Å². The van der Waals surface area contributed by atoms with E-state index in [0.717, 1.165) is 19.3 Å². The van der Waals surface area contributed by atoms with Crippen LogP contribution in [0, 0.1) is 5.92 Å². The lowest BCUT2D eigenvalue weighted by Gasteiger charge is -2.31. The second-order valence-electron chi connectivity index (χ2n) is 6.15. The number of amides is 1. The highest BCUT2D eigenvalue weighted by molar-refractivity contribution is 5.79. The van der Waals surface area contributed by atoms with Crippen molar-refractivity contribution in [1.82, 2.24) is 14.9 Å². The maximum absolute atomic E-state index is 12.4. The molecule has 1 aromatic carbocycles. The van der Waals surface area contributed by atoms with E-state index in [1.807, 2.05) is 6.07 Å². The number of hydrogen-bond acceptors (Lipinski definition) is 4. The first kappa shape index (κ1) is 15.7. The molecule has 6 heteroatoms. The van der Waals surface area contributed by atoms with E-state index in [2.05, 4.69) is 10.3 Å². The number of benzene rings is 1. The highest BCUT2D eigenvalue weighted by Crippen LogP contribution is 2.23. The number of nitrogens with two attached hydrogens (primary N) is 1. The number of carbonyl (C=O) groups excluding carboxylic acids is 1. The van der Waals surface area contributed by atoms with E-state index in [0.29, 0.717) is 23.4 Å². The Morgan fingerprint density at radius 2 is 2.09 bits per heavy atom. The number of rotatable bonds is 4. The van der Waals surface area contributed by atoms with Crippen molar-refractivity contribution in [3.63, 3.8) is 0 Å². The molecule has 3 rings (SSSR count). The lowest BCUT2D eigenvalue weighted by Crippen LogP contribution is -2.46. The summed E-state index contributed by atoms with van der Waals surface area (Å²) in [5.74, 6) is 0.175. The molecular weight excluding hydrogens is 292 g/mol. The first-order chi connectivity index (χ1) is 11.2. The van der Waals surface area contributed by atoms with Gasteiger partial charge in [-0.05, 0) is 37.4 Å². The third-order valence-electron chi connectivity index (χ3n) is 4.60. The van der Waals surface area contributed by atoms with Crippen molar-refractivity contribution in [2.75, 3.05) is 6.54 Å². The van der Waals surface area contributed by atoms with Gasteiger partial charge in [0, 0.05) is 6.04 Å². The van der Waals surface area contributed by atoms with Crippen LogP contribution in [-0.2, 0) is 11.3 Å². The zero-order valence-electron chi connectivity index (χ0n) is 13.1. The van der Waals surface area contributed by atoms with Gasteiger partial charge in [0.15, 0.2) is 0 Å². The van der Waals surface area contributed by atoms with Crippen molar-refractivity contribution in [3.8, 4) is 0 Å². The first-order valence-electron chi connectivity index (χ1n) is 8.12. The molecule has 1 amide bonds. The zero-order valence-corrected chi connectivity index (χ0v) is 13.1. The molecule has 0 aliphatic heterocycles. The first-order valence-corrected chi connectivity index (χ1v) is 8.12. The minimum atomic E-state index is -0.190. The van der Waals surface area contributed by atoms with Crippen LogP contribution in [0.2, 0.25) is 0 Å². The Morgan fingerprint density at radius 3 is 2.91 bits per heavy atom.